The molecule has 2 aromatic rings. The number of fused-ring (bicyclic) bond motifs is 1. The van der Waals surface area contributed by atoms with Gasteiger partial charge in [0.2, 0.25) is 5.91 Å². The molecular formula is C10H7N3OS. The lowest BCUT2D eigenvalue weighted by Gasteiger charge is -1.99. The Morgan fingerprint density at radius 1 is 1.60 bits per heavy atom. The highest BCUT2D eigenvalue weighted by atomic mass is 32.1. The van der Waals surface area contributed by atoms with Gasteiger partial charge in [-0.2, -0.15) is 5.26 Å². The molecule has 5 heteroatoms. The molecule has 1 aromatic heterocycles. The van der Waals surface area contributed by atoms with Gasteiger partial charge in [-0.25, -0.2) is 4.98 Å². The number of aromatic nitrogens is 1. The molecule has 0 aliphatic heterocycles. The van der Waals surface area contributed by atoms with Crippen molar-refractivity contribution in [1.29, 1.82) is 5.26 Å². The number of anilines is 1. The van der Waals surface area contributed by atoms with Crippen molar-refractivity contribution < 1.29 is 4.79 Å². The Kier molecular flexibility index (Phi) is 2.35. The van der Waals surface area contributed by atoms with Gasteiger partial charge < -0.3 is 5.32 Å². The minimum absolute atomic E-state index is 0.120. The molecule has 0 saturated heterocycles. The van der Waals surface area contributed by atoms with Crippen LogP contribution in [0.3, 0.4) is 0 Å². The predicted octanol–water partition coefficient (Wildman–Crippen LogP) is 2.13. The first-order chi connectivity index (χ1) is 7.19. The van der Waals surface area contributed by atoms with E-state index in [1.165, 1.54) is 18.3 Å². The Bertz CT molecular complexity index is 568. The Morgan fingerprint density at radius 3 is 3.07 bits per heavy atom. The number of amides is 1. The molecule has 0 radical (unpaired) electrons. The fourth-order valence-corrected chi connectivity index (χ4v) is 2.00. The van der Waals surface area contributed by atoms with E-state index in [2.05, 4.69) is 10.3 Å². The van der Waals surface area contributed by atoms with Gasteiger partial charge in [0.25, 0.3) is 0 Å². The largest absolute Gasteiger partial charge is 0.326 e. The van der Waals surface area contributed by atoms with Crippen LogP contribution in [0, 0.1) is 11.3 Å². The molecule has 0 atom stereocenters. The second-order valence-corrected chi connectivity index (χ2v) is 4.03. The number of nitriles is 1. The average molecular weight is 217 g/mol. The van der Waals surface area contributed by atoms with Gasteiger partial charge in [0.05, 0.1) is 10.2 Å². The molecule has 74 valence electrons. The van der Waals surface area contributed by atoms with Crippen LogP contribution in [0.15, 0.2) is 18.2 Å². The third kappa shape index (κ3) is 1.95. The second kappa shape index (κ2) is 3.67. The molecule has 2 rings (SSSR count). The molecule has 1 amide bonds. The van der Waals surface area contributed by atoms with Gasteiger partial charge in [0, 0.05) is 12.6 Å². The molecule has 0 fully saturated rings. The quantitative estimate of drug-likeness (QED) is 0.795. The van der Waals surface area contributed by atoms with Crippen molar-refractivity contribution >= 4 is 33.1 Å². The molecule has 0 saturated carbocycles. The molecule has 0 aliphatic rings. The number of rotatable bonds is 1. The first-order valence-corrected chi connectivity index (χ1v) is 5.09. The van der Waals surface area contributed by atoms with Gasteiger partial charge in [-0.1, -0.05) is 0 Å². The normalized spacial score (nSPS) is 9.87. The second-order valence-electron chi connectivity index (χ2n) is 2.99. The topological polar surface area (TPSA) is 65.8 Å². The van der Waals surface area contributed by atoms with E-state index in [1.54, 1.807) is 12.1 Å². The minimum atomic E-state index is -0.120. The van der Waals surface area contributed by atoms with E-state index in [0.29, 0.717) is 10.7 Å². The van der Waals surface area contributed by atoms with Crippen LogP contribution in [0.5, 0.6) is 0 Å². The van der Waals surface area contributed by atoms with E-state index in [9.17, 15) is 4.79 Å². The Balaban J connectivity index is 2.47. The lowest BCUT2D eigenvalue weighted by molar-refractivity contribution is -0.114. The summed E-state index contributed by atoms with van der Waals surface area (Å²) >= 11 is 1.34. The number of hydrogen-bond acceptors (Lipinski definition) is 4. The number of carbonyl (C=O) groups is 1. The molecule has 0 aliphatic carbocycles. The van der Waals surface area contributed by atoms with Crippen LogP contribution >= 0.6 is 11.3 Å². The standard InChI is InChI=1S/C10H7N3OS/c1-6(14)12-7-2-3-9-8(4-7)13-10(5-11)15-9/h2-4H,1H3,(H,12,14). The summed E-state index contributed by atoms with van der Waals surface area (Å²) in [4.78, 5) is 14.9. The van der Waals surface area contributed by atoms with Crippen LogP contribution in [0.2, 0.25) is 0 Å². The van der Waals surface area contributed by atoms with Crippen LogP contribution in [-0.2, 0) is 4.79 Å². The summed E-state index contributed by atoms with van der Waals surface area (Å²) in [6.45, 7) is 1.45. The summed E-state index contributed by atoms with van der Waals surface area (Å²) in [5.41, 5.74) is 1.44. The third-order valence-corrected chi connectivity index (χ3v) is 2.74. The van der Waals surface area contributed by atoms with Crippen LogP contribution in [-0.4, -0.2) is 10.9 Å². The third-order valence-electron chi connectivity index (χ3n) is 1.80. The smallest absolute Gasteiger partial charge is 0.221 e. The number of nitrogens with one attached hydrogen (secondary N) is 1. The molecule has 4 nitrogen and oxygen atoms in total. The van der Waals surface area contributed by atoms with E-state index in [4.69, 9.17) is 5.26 Å². The Labute approximate surface area is 90.2 Å². The highest BCUT2D eigenvalue weighted by molar-refractivity contribution is 7.19. The van der Waals surface area contributed by atoms with E-state index >= 15 is 0 Å². The molecule has 0 unspecified atom stereocenters. The molecule has 1 heterocycles. The van der Waals surface area contributed by atoms with Gasteiger partial charge in [0.15, 0.2) is 5.01 Å². The Hall–Kier alpha value is -1.93. The van der Waals surface area contributed by atoms with E-state index in [0.717, 1.165) is 10.2 Å². The number of carbonyl (C=O) groups excluding carboxylic acids is 1. The number of hydrogen-bond donors (Lipinski definition) is 1. The summed E-state index contributed by atoms with van der Waals surface area (Å²) in [6, 6.07) is 7.40. The highest BCUT2D eigenvalue weighted by Crippen LogP contribution is 2.24. The zero-order valence-corrected chi connectivity index (χ0v) is 8.76. The van der Waals surface area contributed by atoms with Crippen molar-refractivity contribution in [2.45, 2.75) is 6.92 Å². The van der Waals surface area contributed by atoms with Gasteiger partial charge >= 0.3 is 0 Å². The van der Waals surface area contributed by atoms with Gasteiger partial charge in [0.1, 0.15) is 6.07 Å². The maximum atomic E-state index is 10.8. The summed E-state index contributed by atoms with van der Waals surface area (Å²) in [5, 5.41) is 11.8. The van der Waals surface area contributed by atoms with Gasteiger partial charge in [-0.15, -0.1) is 11.3 Å². The van der Waals surface area contributed by atoms with Crippen LogP contribution in [0.4, 0.5) is 5.69 Å². The minimum Gasteiger partial charge on any atom is -0.326 e. The van der Waals surface area contributed by atoms with E-state index in [1.807, 2.05) is 12.1 Å². The number of thiazole rings is 1. The van der Waals surface area contributed by atoms with Gasteiger partial charge in [-0.3, -0.25) is 4.79 Å². The lowest BCUT2D eigenvalue weighted by Crippen LogP contribution is -2.05. The van der Waals surface area contributed by atoms with Crippen molar-refractivity contribution in [1.82, 2.24) is 4.98 Å². The molecular weight excluding hydrogens is 210 g/mol. The first-order valence-electron chi connectivity index (χ1n) is 4.27. The molecule has 0 spiro atoms. The molecule has 15 heavy (non-hydrogen) atoms. The summed E-state index contributed by atoms with van der Waals surface area (Å²) in [5.74, 6) is -0.120. The Morgan fingerprint density at radius 2 is 2.40 bits per heavy atom. The van der Waals surface area contributed by atoms with Crippen molar-refractivity contribution in [3.63, 3.8) is 0 Å². The summed E-state index contributed by atoms with van der Waals surface area (Å²) in [6.07, 6.45) is 0. The van der Waals surface area contributed by atoms with Crippen molar-refractivity contribution in [2.24, 2.45) is 0 Å². The average Bonchev–Trinajstić information content (AvgIpc) is 2.58. The zero-order chi connectivity index (χ0) is 10.8. The number of nitrogens with zero attached hydrogens (tertiary/aromatic N) is 2. The monoisotopic (exact) mass is 217 g/mol. The summed E-state index contributed by atoms with van der Waals surface area (Å²) < 4.78 is 0.945. The van der Waals surface area contributed by atoms with E-state index in [-0.39, 0.29) is 5.91 Å². The highest BCUT2D eigenvalue weighted by Gasteiger charge is 2.04. The lowest BCUT2D eigenvalue weighted by atomic mass is 10.3. The maximum Gasteiger partial charge on any atom is 0.221 e. The van der Waals surface area contributed by atoms with Gasteiger partial charge in [-0.05, 0) is 18.2 Å². The predicted molar refractivity (Wildman–Crippen MR) is 58.6 cm³/mol. The number of benzene rings is 1. The van der Waals surface area contributed by atoms with Crippen molar-refractivity contribution in [3.8, 4) is 6.07 Å². The van der Waals surface area contributed by atoms with Crippen molar-refractivity contribution in [2.75, 3.05) is 5.32 Å². The molecule has 1 aromatic carbocycles. The zero-order valence-electron chi connectivity index (χ0n) is 7.94. The molecule has 0 bridgehead atoms. The maximum absolute atomic E-state index is 10.8. The van der Waals surface area contributed by atoms with E-state index < -0.39 is 0 Å². The first kappa shape index (κ1) is 9.62. The fourth-order valence-electron chi connectivity index (χ4n) is 1.26. The molecule has 1 N–H and O–H groups in total. The van der Waals surface area contributed by atoms with Crippen LogP contribution in [0.25, 0.3) is 10.2 Å². The van der Waals surface area contributed by atoms with Crippen LogP contribution in [0.1, 0.15) is 11.9 Å². The SMILES string of the molecule is CC(=O)Nc1ccc2sc(C#N)nc2c1. The van der Waals surface area contributed by atoms with Crippen LogP contribution < -0.4 is 5.32 Å². The summed E-state index contributed by atoms with van der Waals surface area (Å²) in [7, 11) is 0. The fraction of sp³-hybridized carbons (Fsp3) is 0.100. The van der Waals surface area contributed by atoms with Crippen molar-refractivity contribution in [3.05, 3.63) is 23.2 Å².